The first-order chi connectivity index (χ1) is 8.02. The summed E-state index contributed by atoms with van der Waals surface area (Å²) in [5.74, 6) is 0.0333. The fourth-order valence-electron chi connectivity index (χ4n) is 1.16. The average Bonchev–Trinajstić information content (AvgIpc) is 2.26. The highest BCUT2D eigenvalue weighted by Crippen LogP contribution is 2.20. The van der Waals surface area contributed by atoms with Crippen LogP contribution in [0.3, 0.4) is 0 Å². The Hall–Kier alpha value is -2.38. The third-order valence-corrected chi connectivity index (χ3v) is 1.82. The standard InChI is InChI=1S/C9H13N5O3/c1-2-11-8-3-6(14(16)17)4-9(13-8)12-5-7(10)15/h3-4H,2,5H2,1H3,(H2,10,15)(H2,11,12,13). The van der Waals surface area contributed by atoms with Crippen molar-refractivity contribution in [2.45, 2.75) is 6.92 Å². The van der Waals surface area contributed by atoms with E-state index in [9.17, 15) is 14.9 Å². The monoisotopic (exact) mass is 239 g/mol. The molecular weight excluding hydrogens is 226 g/mol. The van der Waals surface area contributed by atoms with Crippen molar-refractivity contribution in [3.05, 3.63) is 22.2 Å². The van der Waals surface area contributed by atoms with Crippen molar-refractivity contribution in [2.75, 3.05) is 23.7 Å². The van der Waals surface area contributed by atoms with Crippen LogP contribution < -0.4 is 16.4 Å². The number of rotatable bonds is 6. The zero-order valence-electron chi connectivity index (χ0n) is 9.27. The molecule has 0 saturated heterocycles. The van der Waals surface area contributed by atoms with Crippen LogP contribution >= 0.6 is 0 Å². The van der Waals surface area contributed by atoms with Crippen molar-refractivity contribution in [1.82, 2.24) is 4.98 Å². The number of hydrogen-bond acceptors (Lipinski definition) is 6. The summed E-state index contributed by atoms with van der Waals surface area (Å²) in [6, 6.07) is 2.56. The molecule has 0 aromatic carbocycles. The predicted molar refractivity (Wildman–Crippen MR) is 62.7 cm³/mol. The van der Waals surface area contributed by atoms with Crippen molar-refractivity contribution in [2.24, 2.45) is 5.73 Å². The third-order valence-electron chi connectivity index (χ3n) is 1.82. The molecule has 0 atom stereocenters. The van der Waals surface area contributed by atoms with Crippen molar-refractivity contribution < 1.29 is 9.72 Å². The van der Waals surface area contributed by atoms with Crippen molar-refractivity contribution in [3.8, 4) is 0 Å². The first kappa shape index (κ1) is 12.7. The van der Waals surface area contributed by atoms with Crippen LogP contribution in [0.1, 0.15) is 6.92 Å². The molecule has 8 nitrogen and oxygen atoms in total. The number of nitrogens with zero attached hydrogens (tertiary/aromatic N) is 2. The molecule has 17 heavy (non-hydrogen) atoms. The molecule has 0 fully saturated rings. The maximum atomic E-state index is 10.7. The third kappa shape index (κ3) is 3.93. The normalized spacial score (nSPS) is 9.71. The van der Waals surface area contributed by atoms with Gasteiger partial charge in [-0.3, -0.25) is 14.9 Å². The highest BCUT2D eigenvalue weighted by Gasteiger charge is 2.11. The summed E-state index contributed by atoms with van der Waals surface area (Å²) in [6.45, 7) is 2.31. The van der Waals surface area contributed by atoms with Gasteiger partial charge in [0.15, 0.2) is 0 Å². The number of anilines is 2. The maximum Gasteiger partial charge on any atom is 0.276 e. The predicted octanol–water partition coefficient (Wildman–Crippen LogP) is 0.319. The van der Waals surface area contributed by atoms with Gasteiger partial charge in [0.2, 0.25) is 5.91 Å². The fourth-order valence-corrected chi connectivity index (χ4v) is 1.16. The van der Waals surface area contributed by atoms with Crippen LogP contribution in [0.2, 0.25) is 0 Å². The average molecular weight is 239 g/mol. The summed E-state index contributed by atoms with van der Waals surface area (Å²) in [5.41, 5.74) is 4.85. The van der Waals surface area contributed by atoms with E-state index in [2.05, 4.69) is 15.6 Å². The number of carbonyl (C=O) groups excluding carboxylic acids is 1. The molecule has 4 N–H and O–H groups in total. The topological polar surface area (TPSA) is 123 Å². The van der Waals surface area contributed by atoms with Crippen molar-refractivity contribution >= 4 is 23.2 Å². The first-order valence-corrected chi connectivity index (χ1v) is 4.95. The molecule has 1 rings (SSSR count). The quantitative estimate of drug-likeness (QED) is 0.485. The Morgan fingerprint density at radius 1 is 1.47 bits per heavy atom. The minimum Gasteiger partial charge on any atom is -0.370 e. The van der Waals surface area contributed by atoms with Gasteiger partial charge in [0.25, 0.3) is 5.69 Å². The lowest BCUT2D eigenvalue weighted by atomic mass is 10.3. The van der Waals surface area contributed by atoms with Gasteiger partial charge < -0.3 is 16.4 Å². The Bertz CT molecular complexity index is 435. The zero-order chi connectivity index (χ0) is 12.8. The van der Waals surface area contributed by atoms with Crippen LogP contribution in [0.4, 0.5) is 17.3 Å². The number of pyridine rings is 1. The molecule has 0 bridgehead atoms. The van der Waals surface area contributed by atoms with E-state index in [1.807, 2.05) is 6.92 Å². The molecule has 1 amide bonds. The number of nitro groups is 1. The van der Waals surface area contributed by atoms with Gasteiger partial charge >= 0.3 is 0 Å². The minimum absolute atomic E-state index is 0.108. The van der Waals surface area contributed by atoms with Crippen LogP contribution in [0, 0.1) is 10.1 Å². The Morgan fingerprint density at radius 2 is 2.06 bits per heavy atom. The molecule has 8 heteroatoms. The Labute approximate surface area is 97.4 Å². The van der Waals surface area contributed by atoms with Gasteiger partial charge in [-0.1, -0.05) is 0 Å². The molecule has 1 aromatic heterocycles. The smallest absolute Gasteiger partial charge is 0.276 e. The highest BCUT2D eigenvalue weighted by atomic mass is 16.6. The second-order valence-corrected chi connectivity index (χ2v) is 3.20. The van der Waals surface area contributed by atoms with E-state index in [0.717, 1.165) is 0 Å². The number of carbonyl (C=O) groups is 1. The molecule has 0 saturated carbocycles. The van der Waals surface area contributed by atoms with Crippen LogP contribution in [-0.4, -0.2) is 28.9 Å². The van der Waals surface area contributed by atoms with Crippen molar-refractivity contribution in [3.63, 3.8) is 0 Å². The van der Waals surface area contributed by atoms with Crippen LogP contribution in [0.5, 0.6) is 0 Å². The summed E-state index contributed by atoms with van der Waals surface area (Å²) in [4.78, 5) is 24.8. The Balaban J connectivity index is 2.94. The summed E-state index contributed by atoms with van der Waals surface area (Å²) in [6.07, 6.45) is 0. The maximum absolute atomic E-state index is 10.7. The highest BCUT2D eigenvalue weighted by molar-refractivity contribution is 5.78. The Morgan fingerprint density at radius 3 is 2.53 bits per heavy atom. The summed E-state index contributed by atoms with van der Waals surface area (Å²) in [7, 11) is 0. The molecule has 0 unspecified atom stereocenters. The van der Waals surface area contributed by atoms with Crippen LogP contribution in [0.25, 0.3) is 0 Å². The van der Waals surface area contributed by atoms with Gasteiger partial charge in [0, 0.05) is 6.54 Å². The zero-order valence-corrected chi connectivity index (χ0v) is 9.27. The van der Waals surface area contributed by atoms with Gasteiger partial charge in [0.1, 0.15) is 11.6 Å². The summed E-state index contributed by atoms with van der Waals surface area (Å²) < 4.78 is 0. The number of primary amides is 1. The minimum atomic E-state index is -0.566. The fraction of sp³-hybridized carbons (Fsp3) is 0.333. The lowest BCUT2D eigenvalue weighted by Crippen LogP contribution is -2.22. The van der Waals surface area contributed by atoms with E-state index in [1.54, 1.807) is 0 Å². The van der Waals surface area contributed by atoms with E-state index < -0.39 is 10.8 Å². The lowest BCUT2D eigenvalue weighted by molar-refractivity contribution is -0.384. The van der Waals surface area contributed by atoms with Crippen LogP contribution in [0.15, 0.2) is 12.1 Å². The largest absolute Gasteiger partial charge is 0.370 e. The first-order valence-electron chi connectivity index (χ1n) is 4.95. The number of nitrogens with two attached hydrogens (primary N) is 1. The van der Waals surface area contributed by atoms with Gasteiger partial charge in [-0.25, -0.2) is 4.98 Å². The number of amides is 1. The lowest BCUT2D eigenvalue weighted by Gasteiger charge is -2.06. The molecule has 0 aliphatic carbocycles. The van der Waals surface area contributed by atoms with E-state index in [0.29, 0.717) is 12.4 Å². The van der Waals surface area contributed by atoms with E-state index in [1.165, 1.54) is 12.1 Å². The van der Waals surface area contributed by atoms with Crippen LogP contribution in [-0.2, 0) is 4.79 Å². The molecule has 1 heterocycles. The number of nitrogens with one attached hydrogen (secondary N) is 2. The molecular formula is C9H13N5O3. The molecule has 0 radical (unpaired) electrons. The molecule has 0 aliphatic rings. The molecule has 1 aromatic rings. The SMILES string of the molecule is CCNc1cc([N+](=O)[O-])cc(NCC(N)=O)n1. The summed E-state index contributed by atoms with van der Waals surface area (Å²) >= 11 is 0. The van der Waals surface area contributed by atoms with Gasteiger partial charge in [-0.2, -0.15) is 0 Å². The van der Waals surface area contributed by atoms with E-state index in [-0.39, 0.29) is 18.1 Å². The number of hydrogen-bond donors (Lipinski definition) is 3. The van der Waals surface area contributed by atoms with E-state index >= 15 is 0 Å². The van der Waals surface area contributed by atoms with Gasteiger partial charge in [-0.05, 0) is 6.92 Å². The van der Waals surface area contributed by atoms with Gasteiger partial charge in [0.05, 0.1) is 23.6 Å². The molecule has 0 spiro atoms. The second kappa shape index (κ2) is 5.64. The molecule has 92 valence electrons. The van der Waals surface area contributed by atoms with Crippen molar-refractivity contribution in [1.29, 1.82) is 0 Å². The Kier molecular flexibility index (Phi) is 4.21. The summed E-state index contributed by atoms with van der Waals surface area (Å²) in [5, 5.41) is 16.1. The molecule has 0 aliphatic heterocycles. The number of aromatic nitrogens is 1. The second-order valence-electron chi connectivity index (χ2n) is 3.20. The van der Waals surface area contributed by atoms with E-state index in [4.69, 9.17) is 5.73 Å². The van der Waals surface area contributed by atoms with Gasteiger partial charge in [-0.15, -0.1) is 0 Å².